The molecule has 0 radical (unpaired) electrons. The third-order valence-electron chi connectivity index (χ3n) is 14.9. The number of thiophene rings is 1. The van der Waals surface area contributed by atoms with Gasteiger partial charge in [0.05, 0.1) is 15.8 Å². The zero-order chi connectivity index (χ0) is 46.6. The van der Waals surface area contributed by atoms with Gasteiger partial charge in [-0.05, 0) is 105 Å². The summed E-state index contributed by atoms with van der Waals surface area (Å²) in [7, 11) is 0. The standard InChI is InChI=1S/C67H41NO2S/c1-4-19-42(20-5-1)43-21-16-26-46(39-43)68(57-34-18-30-49-48-27-12-15-36-61(48)71-66(49)57)47-37-38-59-53(40-47)54-41-60-63(51-29-11-14-35-58(51)69-60)64(65(54)70-59)52-31-17-33-56-62(52)50-28-10-13-32-55(50)67(56,44-22-6-2-7-23-44)45-24-8-3-9-25-45/h1-41H. The third-order valence-corrected chi connectivity index (χ3v) is 16.1. The second-order valence-corrected chi connectivity index (χ2v) is 19.7. The molecule has 15 rings (SSSR count). The molecule has 3 nitrogen and oxygen atoms in total. The molecular weight excluding hydrogens is 883 g/mol. The minimum absolute atomic E-state index is 0.558. The number of benzene rings is 11. The van der Waals surface area contributed by atoms with Crippen LogP contribution in [0.2, 0.25) is 0 Å². The molecule has 0 unspecified atom stereocenters. The van der Waals surface area contributed by atoms with Crippen LogP contribution in [0.25, 0.3) is 97.4 Å². The van der Waals surface area contributed by atoms with Crippen molar-refractivity contribution in [2.24, 2.45) is 0 Å². The van der Waals surface area contributed by atoms with Gasteiger partial charge in [0.15, 0.2) is 0 Å². The highest BCUT2D eigenvalue weighted by molar-refractivity contribution is 7.26. The zero-order valence-corrected chi connectivity index (χ0v) is 39.2. The fourth-order valence-electron chi connectivity index (χ4n) is 12.0. The molecule has 3 heterocycles. The van der Waals surface area contributed by atoms with E-state index < -0.39 is 5.41 Å². The number of anilines is 3. The average molecular weight is 924 g/mol. The molecule has 71 heavy (non-hydrogen) atoms. The summed E-state index contributed by atoms with van der Waals surface area (Å²) < 4.78 is 16.7. The van der Waals surface area contributed by atoms with Crippen LogP contribution >= 0.6 is 11.3 Å². The first-order valence-electron chi connectivity index (χ1n) is 24.2. The van der Waals surface area contributed by atoms with Crippen molar-refractivity contribution >= 4 is 92.4 Å². The molecule has 0 bridgehead atoms. The topological polar surface area (TPSA) is 29.5 Å². The van der Waals surface area contributed by atoms with E-state index in [0.29, 0.717) is 0 Å². The van der Waals surface area contributed by atoms with Crippen molar-refractivity contribution in [3.05, 3.63) is 271 Å². The van der Waals surface area contributed by atoms with E-state index in [1.54, 1.807) is 0 Å². The van der Waals surface area contributed by atoms with Crippen molar-refractivity contribution in [2.75, 3.05) is 4.90 Å². The number of para-hydroxylation sites is 1. The minimum Gasteiger partial charge on any atom is -0.456 e. The van der Waals surface area contributed by atoms with Crippen molar-refractivity contribution in [1.82, 2.24) is 0 Å². The summed E-state index contributed by atoms with van der Waals surface area (Å²) in [5.74, 6) is 0. The maximum atomic E-state index is 7.31. The predicted octanol–water partition coefficient (Wildman–Crippen LogP) is 19.0. The van der Waals surface area contributed by atoms with E-state index in [0.717, 1.165) is 77.6 Å². The molecule has 0 aliphatic heterocycles. The molecule has 11 aromatic carbocycles. The minimum atomic E-state index is -0.558. The van der Waals surface area contributed by atoms with Crippen LogP contribution in [0.5, 0.6) is 0 Å². The van der Waals surface area contributed by atoms with E-state index in [4.69, 9.17) is 8.83 Å². The molecule has 0 amide bonds. The van der Waals surface area contributed by atoms with E-state index in [2.05, 4.69) is 254 Å². The van der Waals surface area contributed by atoms with Crippen LogP contribution in [-0.2, 0) is 5.41 Å². The first-order valence-corrected chi connectivity index (χ1v) is 25.1. The molecule has 0 spiro atoms. The Morgan fingerprint density at radius 1 is 0.366 bits per heavy atom. The van der Waals surface area contributed by atoms with Gasteiger partial charge in [0.2, 0.25) is 0 Å². The molecule has 3 aromatic heterocycles. The van der Waals surface area contributed by atoms with Crippen LogP contribution in [0.4, 0.5) is 17.1 Å². The van der Waals surface area contributed by atoms with Gasteiger partial charge in [0.25, 0.3) is 0 Å². The molecule has 1 aliphatic carbocycles. The second-order valence-electron chi connectivity index (χ2n) is 18.6. The van der Waals surface area contributed by atoms with Crippen LogP contribution in [-0.4, -0.2) is 0 Å². The molecule has 0 atom stereocenters. The third kappa shape index (κ3) is 5.83. The Morgan fingerprint density at radius 3 is 1.82 bits per heavy atom. The summed E-state index contributed by atoms with van der Waals surface area (Å²) in [6, 6.07) is 90.2. The molecular formula is C67H41NO2S. The number of hydrogen-bond donors (Lipinski definition) is 0. The maximum Gasteiger partial charge on any atom is 0.144 e. The average Bonchev–Trinajstić information content (AvgIpc) is 4.20. The SMILES string of the molecule is c1ccc(-c2cccc(N(c3ccc4oc5c(-c6cccc7c6-c6ccccc6C7(c6ccccc6)c6ccccc6)c6c(cc5c4c3)oc3ccccc36)c3cccc4c3sc3ccccc34)c2)cc1. The molecule has 0 saturated heterocycles. The summed E-state index contributed by atoms with van der Waals surface area (Å²) in [6.07, 6.45) is 0. The van der Waals surface area contributed by atoms with E-state index in [9.17, 15) is 0 Å². The molecule has 0 fully saturated rings. The fraction of sp³-hybridized carbons (Fsp3) is 0.0149. The second kappa shape index (κ2) is 15.5. The molecule has 14 aromatic rings. The normalized spacial score (nSPS) is 12.9. The van der Waals surface area contributed by atoms with Gasteiger partial charge >= 0.3 is 0 Å². The van der Waals surface area contributed by atoms with E-state index in [-0.39, 0.29) is 0 Å². The van der Waals surface area contributed by atoms with Gasteiger partial charge in [-0.25, -0.2) is 0 Å². The van der Waals surface area contributed by atoms with Gasteiger partial charge in [0.1, 0.15) is 22.3 Å². The van der Waals surface area contributed by atoms with Crippen LogP contribution in [0.3, 0.4) is 0 Å². The quantitative estimate of drug-likeness (QED) is 0.160. The highest BCUT2D eigenvalue weighted by Gasteiger charge is 2.47. The van der Waals surface area contributed by atoms with Gasteiger partial charge < -0.3 is 13.7 Å². The van der Waals surface area contributed by atoms with Crippen molar-refractivity contribution in [3.63, 3.8) is 0 Å². The lowest BCUT2D eigenvalue weighted by Gasteiger charge is -2.34. The van der Waals surface area contributed by atoms with Gasteiger partial charge in [-0.15, -0.1) is 11.3 Å². The van der Waals surface area contributed by atoms with Gasteiger partial charge in [-0.2, -0.15) is 0 Å². The van der Waals surface area contributed by atoms with Gasteiger partial charge in [-0.1, -0.05) is 194 Å². The summed E-state index contributed by atoms with van der Waals surface area (Å²) in [4.78, 5) is 2.43. The van der Waals surface area contributed by atoms with Gasteiger partial charge in [-0.3, -0.25) is 0 Å². The smallest absolute Gasteiger partial charge is 0.144 e. The number of rotatable bonds is 7. The number of hydrogen-bond acceptors (Lipinski definition) is 4. The summed E-state index contributed by atoms with van der Waals surface area (Å²) in [6.45, 7) is 0. The van der Waals surface area contributed by atoms with E-state index in [1.165, 1.54) is 59.1 Å². The first kappa shape index (κ1) is 40.0. The van der Waals surface area contributed by atoms with Crippen LogP contribution in [0.1, 0.15) is 22.3 Å². The Kier molecular flexibility index (Phi) is 8.74. The van der Waals surface area contributed by atoms with E-state index >= 15 is 0 Å². The maximum absolute atomic E-state index is 7.31. The van der Waals surface area contributed by atoms with Crippen LogP contribution in [0.15, 0.2) is 258 Å². The molecule has 0 N–H and O–H groups in total. The van der Waals surface area contributed by atoms with Crippen LogP contribution < -0.4 is 4.90 Å². The van der Waals surface area contributed by atoms with Crippen molar-refractivity contribution in [1.29, 1.82) is 0 Å². The summed E-state index contributed by atoms with van der Waals surface area (Å²) in [5, 5.41) is 6.64. The number of fused-ring (bicyclic) bond motifs is 12. The lowest BCUT2D eigenvalue weighted by atomic mass is 9.67. The van der Waals surface area contributed by atoms with Crippen molar-refractivity contribution in [2.45, 2.75) is 5.41 Å². The lowest BCUT2D eigenvalue weighted by Crippen LogP contribution is -2.28. The molecule has 0 saturated carbocycles. The fourth-order valence-corrected chi connectivity index (χ4v) is 13.2. The predicted molar refractivity (Wildman–Crippen MR) is 297 cm³/mol. The first-order chi connectivity index (χ1) is 35.2. The highest BCUT2D eigenvalue weighted by atomic mass is 32.1. The van der Waals surface area contributed by atoms with Gasteiger partial charge in [0, 0.05) is 54.0 Å². The summed E-state index contributed by atoms with van der Waals surface area (Å²) >= 11 is 1.85. The Bertz CT molecular complexity index is 4370. The molecule has 332 valence electrons. The molecule has 1 aliphatic rings. The van der Waals surface area contributed by atoms with Crippen LogP contribution in [0, 0.1) is 0 Å². The Labute approximate surface area is 413 Å². The Hall–Kier alpha value is -8.96. The summed E-state index contributed by atoms with van der Waals surface area (Å²) in [5.41, 5.74) is 17.9. The van der Waals surface area contributed by atoms with Crippen molar-refractivity contribution < 1.29 is 8.83 Å². The van der Waals surface area contributed by atoms with Crippen molar-refractivity contribution in [3.8, 4) is 33.4 Å². The monoisotopic (exact) mass is 923 g/mol. The number of furan rings is 2. The Balaban J connectivity index is 1.02. The highest BCUT2D eigenvalue weighted by Crippen LogP contribution is 2.60. The van der Waals surface area contributed by atoms with E-state index in [1.807, 2.05) is 11.3 Å². The number of nitrogens with zero attached hydrogens (tertiary/aromatic N) is 1. The largest absolute Gasteiger partial charge is 0.456 e. The lowest BCUT2D eigenvalue weighted by molar-refractivity contribution is 0.664. The zero-order valence-electron chi connectivity index (χ0n) is 38.3. The molecule has 4 heteroatoms. The Morgan fingerprint density at radius 2 is 0.986 bits per heavy atom.